The first-order valence-electron chi connectivity index (χ1n) is 4.14. The van der Waals surface area contributed by atoms with Gasteiger partial charge in [0.25, 0.3) is 0 Å². The third-order valence-electron chi connectivity index (χ3n) is 2.31. The van der Waals surface area contributed by atoms with E-state index in [0.717, 1.165) is 17.3 Å². The maximum Gasteiger partial charge on any atom is 0.235 e. The summed E-state index contributed by atoms with van der Waals surface area (Å²) >= 11 is 3.42. The Hall–Kier alpha value is -0.920. The molecule has 3 heteroatoms. The molecule has 0 radical (unpaired) electrons. The van der Waals surface area contributed by atoms with E-state index in [1.165, 1.54) is 11.1 Å². The van der Waals surface area contributed by atoms with Crippen molar-refractivity contribution in [2.24, 2.45) is 4.99 Å². The molecule has 0 saturated carbocycles. The number of carbonyl (C=O) groups excluding carboxylic acids is 1. The van der Waals surface area contributed by atoms with Crippen LogP contribution >= 0.6 is 15.9 Å². The summed E-state index contributed by atoms with van der Waals surface area (Å²) in [5.74, 6) is 0. The zero-order chi connectivity index (χ0) is 9.26. The first-order chi connectivity index (χ1) is 6.29. The van der Waals surface area contributed by atoms with Crippen LogP contribution in [0.5, 0.6) is 0 Å². The first kappa shape index (κ1) is 8.67. The van der Waals surface area contributed by atoms with Gasteiger partial charge >= 0.3 is 0 Å². The number of fused-ring (bicyclic) bond motifs is 1. The van der Waals surface area contributed by atoms with Gasteiger partial charge in [-0.15, -0.1) is 0 Å². The molecule has 2 nitrogen and oxygen atoms in total. The van der Waals surface area contributed by atoms with Crippen molar-refractivity contribution in [3.05, 3.63) is 33.8 Å². The van der Waals surface area contributed by atoms with E-state index in [9.17, 15) is 4.79 Å². The minimum Gasteiger partial charge on any atom is -0.211 e. The van der Waals surface area contributed by atoms with Gasteiger partial charge in [0.15, 0.2) is 0 Å². The zero-order valence-electron chi connectivity index (χ0n) is 6.96. The second-order valence-corrected chi connectivity index (χ2v) is 4.11. The van der Waals surface area contributed by atoms with E-state index in [1.807, 2.05) is 6.07 Å². The first-order valence-corrected chi connectivity index (χ1v) is 4.93. The summed E-state index contributed by atoms with van der Waals surface area (Å²) in [4.78, 5) is 13.8. The summed E-state index contributed by atoms with van der Waals surface area (Å²) in [5.41, 5.74) is 2.59. The molecule has 0 amide bonds. The van der Waals surface area contributed by atoms with E-state index in [2.05, 4.69) is 33.1 Å². The van der Waals surface area contributed by atoms with E-state index < -0.39 is 0 Å². The number of hydrogen-bond donors (Lipinski definition) is 0. The molecule has 0 saturated heterocycles. The third kappa shape index (κ3) is 1.71. The van der Waals surface area contributed by atoms with Crippen LogP contribution in [0.4, 0.5) is 0 Å². The van der Waals surface area contributed by atoms with Crippen LogP contribution in [0, 0.1) is 0 Å². The molecule has 2 rings (SSSR count). The number of halogens is 1. The van der Waals surface area contributed by atoms with Crippen LogP contribution in [0.3, 0.4) is 0 Å². The topological polar surface area (TPSA) is 29.4 Å². The van der Waals surface area contributed by atoms with Gasteiger partial charge in [-0.3, -0.25) is 0 Å². The average Bonchev–Trinajstić information content (AvgIpc) is 2.46. The molecule has 0 spiro atoms. The summed E-state index contributed by atoms with van der Waals surface area (Å²) in [7, 11) is 0. The van der Waals surface area contributed by atoms with E-state index in [-0.39, 0.29) is 6.04 Å². The highest BCUT2D eigenvalue weighted by Gasteiger charge is 2.20. The minimum absolute atomic E-state index is 0.113. The van der Waals surface area contributed by atoms with Crippen LogP contribution in [0.1, 0.15) is 11.1 Å². The minimum atomic E-state index is 0.113. The van der Waals surface area contributed by atoms with Gasteiger partial charge in [-0.05, 0) is 36.1 Å². The fraction of sp³-hybridized carbons (Fsp3) is 0.300. The van der Waals surface area contributed by atoms with Crippen LogP contribution in [0.2, 0.25) is 0 Å². The number of isocyanates is 1. The highest BCUT2D eigenvalue weighted by Crippen LogP contribution is 2.26. The third-order valence-corrected chi connectivity index (χ3v) is 2.81. The van der Waals surface area contributed by atoms with Crippen LogP contribution < -0.4 is 0 Å². The predicted molar refractivity (Wildman–Crippen MR) is 53.5 cm³/mol. The molecular formula is C10H8BrNO. The second-order valence-electron chi connectivity index (χ2n) is 3.20. The lowest BCUT2D eigenvalue weighted by Gasteiger charge is -1.96. The van der Waals surface area contributed by atoms with Crippen molar-refractivity contribution in [3.8, 4) is 0 Å². The summed E-state index contributed by atoms with van der Waals surface area (Å²) in [6.45, 7) is 0. The molecule has 0 aliphatic heterocycles. The smallest absolute Gasteiger partial charge is 0.211 e. The molecular weight excluding hydrogens is 230 g/mol. The van der Waals surface area contributed by atoms with E-state index in [1.54, 1.807) is 6.08 Å². The summed E-state index contributed by atoms with van der Waals surface area (Å²) in [5, 5.41) is 0. The van der Waals surface area contributed by atoms with Gasteiger partial charge in [0.2, 0.25) is 6.08 Å². The molecule has 13 heavy (non-hydrogen) atoms. The lowest BCUT2D eigenvalue weighted by molar-refractivity contribution is 0.557. The fourth-order valence-corrected chi connectivity index (χ4v) is 2.14. The molecule has 0 fully saturated rings. The van der Waals surface area contributed by atoms with Gasteiger partial charge < -0.3 is 0 Å². The van der Waals surface area contributed by atoms with Crippen molar-refractivity contribution in [1.82, 2.24) is 0 Å². The van der Waals surface area contributed by atoms with Gasteiger partial charge in [0.05, 0.1) is 6.04 Å². The monoisotopic (exact) mass is 237 g/mol. The molecule has 0 heterocycles. The van der Waals surface area contributed by atoms with Crippen molar-refractivity contribution in [2.75, 3.05) is 0 Å². The molecule has 66 valence electrons. The maximum atomic E-state index is 10.1. The molecule has 1 unspecified atom stereocenters. The highest BCUT2D eigenvalue weighted by atomic mass is 79.9. The SMILES string of the molecule is O=C=NC1Cc2ccc(Br)cc2C1. The van der Waals surface area contributed by atoms with Gasteiger partial charge in [-0.1, -0.05) is 22.0 Å². The summed E-state index contributed by atoms with van der Waals surface area (Å²) < 4.78 is 1.09. The van der Waals surface area contributed by atoms with E-state index in [0.29, 0.717) is 0 Å². The number of hydrogen-bond acceptors (Lipinski definition) is 2. The highest BCUT2D eigenvalue weighted by molar-refractivity contribution is 9.10. The van der Waals surface area contributed by atoms with Crippen LogP contribution in [0.25, 0.3) is 0 Å². The van der Waals surface area contributed by atoms with Gasteiger partial charge in [0, 0.05) is 4.47 Å². The quantitative estimate of drug-likeness (QED) is 0.545. The van der Waals surface area contributed by atoms with Crippen molar-refractivity contribution < 1.29 is 4.79 Å². The Bertz CT molecular complexity index is 383. The average molecular weight is 238 g/mol. The Morgan fingerprint density at radius 1 is 1.38 bits per heavy atom. The molecule has 1 aromatic carbocycles. The van der Waals surface area contributed by atoms with Crippen molar-refractivity contribution in [3.63, 3.8) is 0 Å². The Morgan fingerprint density at radius 3 is 2.92 bits per heavy atom. The van der Waals surface area contributed by atoms with E-state index >= 15 is 0 Å². The van der Waals surface area contributed by atoms with Crippen LogP contribution in [-0.4, -0.2) is 12.1 Å². The fourth-order valence-electron chi connectivity index (χ4n) is 1.73. The number of benzene rings is 1. The molecule has 1 atom stereocenters. The van der Waals surface area contributed by atoms with E-state index in [4.69, 9.17) is 0 Å². The Morgan fingerprint density at radius 2 is 2.15 bits per heavy atom. The lowest BCUT2D eigenvalue weighted by Crippen LogP contribution is -2.01. The van der Waals surface area contributed by atoms with Crippen molar-refractivity contribution in [2.45, 2.75) is 18.9 Å². The van der Waals surface area contributed by atoms with Gasteiger partial charge in [-0.25, -0.2) is 9.79 Å². The van der Waals surface area contributed by atoms with Gasteiger partial charge in [0.1, 0.15) is 0 Å². The zero-order valence-corrected chi connectivity index (χ0v) is 8.54. The Labute approximate surface area is 84.8 Å². The predicted octanol–water partition coefficient (Wildman–Crippen LogP) is 2.25. The molecule has 1 aromatic rings. The second kappa shape index (κ2) is 3.44. The normalized spacial score (nSPS) is 19.3. The number of rotatable bonds is 1. The van der Waals surface area contributed by atoms with Crippen LogP contribution in [-0.2, 0) is 17.6 Å². The van der Waals surface area contributed by atoms with Crippen molar-refractivity contribution >= 4 is 22.0 Å². The molecule has 0 N–H and O–H groups in total. The molecule has 0 bridgehead atoms. The molecule has 1 aliphatic carbocycles. The summed E-state index contributed by atoms with van der Waals surface area (Å²) in [6, 6.07) is 6.31. The van der Waals surface area contributed by atoms with Crippen LogP contribution in [0.15, 0.2) is 27.7 Å². The lowest BCUT2D eigenvalue weighted by atomic mass is 10.1. The summed E-state index contributed by atoms with van der Waals surface area (Å²) in [6.07, 6.45) is 3.36. The molecule has 0 aromatic heterocycles. The van der Waals surface area contributed by atoms with Gasteiger partial charge in [-0.2, -0.15) is 0 Å². The maximum absolute atomic E-state index is 10.1. The molecule has 1 aliphatic rings. The van der Waals surface area contributed by atoms with Crippen molar-refractivity contribution in [1.29, 1.82) is 0 Å². The standard InChI is InChI=1S/C10H8BrNO/c11-9-2-1-7-4-10(12-6-13)5-8(7)3-9/h1-3,10H,4-5H2. The Kier molecular flexibility index (Phi) is 2.30. The largest absolute Gasteiger partial charge is 0.235 e. The number of nitrogens with zero attached hydrogens (tertiary/aromatic N) is 1. The number of aliphatic imine (C=N–C) groups is 1. The Balaban J connectivity index is 2.30.